The molecule has 2 amide bonds. The Morgan fingerprint density at radius 1 is 1.03 bits per heavy atom. The molecule has 0 aliphatic heterocycles. The van der Waals surface area contributed by atoms with E-state index in [2.05, 4.69) is 16.7 Å². The van der Waals surface area contributed by atoms with Crippen LogP contribution in [0.4, 0.5) is 0 Å². The fourth-order valence-corrected chi connectivity index (χ4v) is 3.78. The highest BCUT2D eigenvalue weighted by Gasteiger charge is 2.32. The molecule has 29 heavy (non-hydrogen) atoms. The molecular weight excluding hydrogens is 366 g/mol. The highest BCUT2D eigenvalue weighted by Crippen LogP contribution is 2.27. The monoisotopic (exact) mass is 393 g/mol. The first-order valence-electron chi connectivity index (χ1n) is 10.2. The lowest BCUT2D eigenvalue weighted by atomic mass is 9.83. The number of amides is 2. The molecule has 1 saturated carbocycles. The third-order valence-corrected chi connectivity index (χ3v) is 5.25. The lowest BCUT2D eigenvalue weighted by Crippen LogP contribution is -2.52. The Morgan fingerprint density at radius 3 is 2.34 bits per heavy atom. The van der Waals surface area contributed by atoms with Gasteiger partial charge in [0.05, 0.1) is 11.6 Å². The molecule has 0 unspecified atom stereocenters. The van der Waals surface area contributed by atoms with E-state index in [-0.39, 0.29) is 29.5 Å². The Bertz CT molecular complexity index is 887. The lowest BCUT2D eigenvalue weighted by molar-refractivity contribution is -0.125. The van der Waals surface area contributed by atoms with E-state index in [1.807, 2.05) is 13.8 Å². The van der Waals surface area contributed by atoms with Crippen LogP contribution in [0.1, 0.15) is 62.1 Å². The van der Waals surface area contributed by atoms with E-state index in [9.17, 15) is 9.59 Å². The van der Waals surface area contributed by atoms with Gasteiger partial charge in [0, 0.05) is 11.6 Å². The van der Waals surface area contributed by atoms with Crippen molar-refractivity contribution in [2.24, 2.45) is 5.92 Å². The predicted molar refractivity (Wildman–Crippen MR) is 110 cm³/mol. The Kier molecular flexibility index (Phi) is 6.71. The number of nitrogens with zero attached hydrogens (tertiary/aromatic N) is 1. The molecule has 2 aromatic rings. The van der Waals surface area contributed by atoms with Crippen LogP contribution in [-0.2, 0) is 4.79 Å². The van der Waals surface area contributed by atoms with E-state index in [1.165, 1.54) is 6.42 Å². The van der Waals surface area contributed by atoms with E-state index in [1.54, 1.807) is 36.4 Å². The number of hydrogen-bond acceptors (Lipinski definition) is 4. The van der Waals surface area contributed by atoms with Crippen LogP contribution in [0.5, 0.6) is 0 Å². The molecule has 1 aromatic carbocycles. The van der Waals surface area contributed by atoms with Crippen molar-refractivity contribution in [2.45, 2.75) is 58.0 Å². The molecule has 1 aromatic heterocycles. The number of hydrogen-bond donors (Lipinski definition) is 2. The standard InChI is InChI=1S/C23H27N3O3/c1-15(2)25-23(28)21(18-6-4-3-5-7-18)26-22(27)20-13-12-19(29-20)17-10-8-16(14-24)9-11-17/h8-13,15,18,21H,3-7H2,1-2H3,(H,25,28)(H,26,27)/t21-/m0/s1. The van der Waals surface area contributed by atoms with Gasteiger partial charge in [-0.25, -0.2) is 0 Å². The Hall–Kier alpha value is -3.07. The average molecular weight is 393 g/mol. The fourth-order valence-electron chi connectivity index (χ4n) is 3.78. The maximum absolute atomic E-state index is 12.8. The van der Waals surface area contributed by atoms with Crippen LogP contribution in [0, 0.1) is 17.2 Å². The Labute approximate surface area is 171 Å². The van der Waals surface area contributed by atoms with Gasteiger partial charge in [-0.05, 0) is 69.0 Å². The molecule has 152 valence electrons. The zero-order chi connectivity index (χ0) is 20.8. The summed E-state index contributed by atoms with van der Waals surface area (Å²) in [5, 5.41) is 14.7. The van der Waals surface area contributed by atoms with Gasteiger partial charge in [-0.15, -0.1) is 0 Å². The van der Waals surface area contributed by atoms with E-state index in [0.29, 0.717) is 11.3 Å². The third kappa shape index (κ3) is 5.26. The van der Waals surface area contributed by atoms with Gasteiger partial charge in [0.25, 0.3) is 5.91 Å². The molecule has 1 heterocycles. The molecule has 1 aliphatic rings. The van der Waals surface area contributed by atoms with Gasteiger partial charge in [-0.3, -0.25) is 9.59 Å². The van der Waals surface area contributed by atoms with E-state index >= 15 is 0 Å². The van der Waals surface area contributed by atoms with Crippen molar-refractivity contribution < 1.29 is 14.0 Å². The highest BCUT2D eigenvalue weighted by atomic mass is 16.3. The van der Waals surface area contributed by atoms with Crippen molar-refractivity contribution in [1.29, 1.82) is 5.26 Å². The van der Waals surface area contributed by atoms with Crippen LogP contribution in [0.2, 0.25) is 0 Å². The fraction of sp³-hybridized carbons (Fsp3) is 0.435. The van der Waals surface area contributed by atoms with Crippen LogP contribution in [-0.4, -0.2) is 23.9 Å². The van der Waals surface area contributed by atoms with E-state index in [0.717, 1.165) is 31.2 Å². The van der Waals surface area contributed by atoms with Crippen LogP contribution in [0.15, 0.2) is 40.8 Å². The summed E-state index contributed by atoms with van der Waals surface area (Å²) in [7, 11) is 0. The van der Waals surface area contributed by atoms with Crippen LogP contribution >= 0.6 is 0 Å². The van der Waals surface area contributed by atoms with Gasteiger partial charge in [0.2, 0.25) is 5.91 Å². The molecule has 1 fully saturated rings. The maximum atomic E-state index is 12.8. The first-order chi connectivity index (χ1) is 14.0. The van der Waals surface area contributed by atoms with Crippen LogP contribution in [0.3, 0.4) is 0 Å². The van der Waals surface area contributed by atoms with Gasteiger partial charge in [-0.2, -0.15) is 5.26 Å². The molecule has 0 bridgehead atoms. The first kappa shape index (κ1) is 20.7. The summed E-state index contributed by atoms with van der Waals surface area (Å²) in [6.07, 6.45) is 5.20. The molecule has 6 nitrogen and oxygen atoms in total. The molecular formula is C23H27N3O3. The van der Waals surface area contributed by atoms with Crippen molar-refractivity contribution in [3.8, 4) is 17.4 Å². The summed E-state index contributed by atoms with van der Waals surface area (Å²) in [5.41, 5.74) is 1.34. The quantitative estimate of drug-likeness (QED) is 0.775. The van der Waals surface area contributed by atoms with Crippen molar-refractivity contribution in [3.63, 3.8) is 0 Å². The second kappa shape index (κ2) is 9.42. The summed E-state index contributed by atoms with van der Waals surface area (Å²) in [4.78, 5) is 25.5. The topological polar surface area (TPSA) is 95.1 Å². The largest absolute Gasteiger partial charge is 0.451 e. The molecule has 0 radical (unpaired) electrons. The van der Waals surface area contributed by atoms with E-state index < -0.39 is 6.04 Å². The maximum Gasteiger partial charge on any atom is 0.287 e. The summed E-state index contributed by atoms with van der Waals surface area (Å²) in [5.74, 6) is 0.320. The minimum atomic E-state index is -0.561. The Morgan fingerprint density at radius 2 is 1.72 bits per heavy atom. The zero-order valence-corrected chi connectivity index (χ0v) is 16.9. The van der Waals surface area contributed by atoms with Gasteiger partial charge < -0.3 is 15.1 Å². The first-order valence-corrected chi connectivity index (χ1v) is 10.2. The number of carbonyl (C=O) groups excluding carboxylic acids is 2. The molecule has 1 aliphatic carbocycles. The number of nitrogens with one attached hydrogen (secondary N) is 2. The van der Waals surface area contributed by atoms with Crippen molar-refractivity contribution in [3.05, 3.63) is 47.7 Å². The minimum Gasteiger partial charge on any atom is -0.451 e. The molecule has 6 heteroatoms. The molecule has 1 atom stereocenters. The smallest absolute Gasteiger partial charge is 0.287 e. The predicted octanol–water partition coefficient (Wildman–Crippen LogP) is 4.02. The Balaban J connectivity index is 1.74. The van der Waals surface area contributed by atoms with Crippen molar-refractivity contribution in [2.75, 3.05) is 0 Å². The summed E-state index contributed by atoms with van der Waals surface area (Å²) < 4.78 is 5.73. The van der Waals surface area contributed by atoms with Crippen molar-refractivity contribution >= 4 is 11.8 Å². The van der Waals surface area contributed by atoms with Gasteiger partial charge in [0.1, 0.15) is 11.8 Å². The van der Waals surface area contributed by atoms with Crippen LogP contribution < -0.4 is 10.6 Å². The molecule has 3 rings (SSSR count). The average Bonchev–Trinajstić information content (AvgIpc) is 3.22. The third-order valence-electron chi connectivity index (χ3n) is 5.25. The van der Waals surface area contributed by atoms with Gasteiger partial charge in [0.15, 0.2) is 5.76 Å². The number of rotatable bonds is 6. The minimum absolute atomic E-state index is 0.0112. The SMILES string of the molecule is CC(C)NC(=O)[C@@H](NC(=O)c1ccc(-c2ccc(C#N)cc2)o1)C1CCCCC1. The number of furan rings is 1. The summed E-state index contributed by atoms with van der Waals surface area (Å²) in [6, 6.07) is 11.8. The normalized spacial score (nSPS) is 15.5. The molecule has 0 spiro atoms. The van der Waals surface area contributed by atoms with Gasteiger partial charge >= 0.3 is 0 Å². The lowest BCUT2D eigenvalue weighted by Gasteiger charge is -2.30. The number of benzene rings is 1. The molecule has 0 saturated heterocycles. The van der Waals surface area contributed by atoms with Gasteiger partial charge in [-0.1, -0.05) is 19.3 Å². The van der Waals surface area contributed by atoms with E-state index in [4.69, 9.17) is 9.68 Å². The molecule has 2 N–H and O–H groups in total. The van der Waals surface area contributed by atoms with Crippen molar-refractivity contribution in [1.82, 2.24) is 10.6 Å². The van der Waals surface area contributed by atoms with Crippen LogP contribution in [0.25, 0.3) is 11.3 Å². The highest BCUT2D eigenvalue weighted by molar-refractivity contribution is 5.96. The summed E-state index contributed by atoms with van der Waals surface area (Å²) >= 11 is 0. The second-order valence-corrected chi connectivity index (χ2v) is 7.87. The summed E-state index contributed by atoms with van der Waals surface area (Å²) in [6.45, 7) is 3.82. The zero-order valence-electron chi connectivity index (χ0n) is 16.9. The second-order valence-electron chi connectivity index (χ2n) is 7.87. The number of carbonyl (C=O) groups is 2. The number of nitriles is 1.